The van der Waals surface area contributed by atoms with Gasteiger partial charge in [0.2, 0.25) is 5.91 Å². The summed E-state index contributed by atoms with van der Waals surface area (Å²) in [6, 6.07) is 8.58. The molecule has 0 atom stereocenters. The van der Waals surface area contributed by atoms with E-state index >= 15 is 0 Å². The quantitative estimate of drug-likeness (QED) is 0.843. The summed E-state index contributed by atoms with van der Waals surface area (Å²) in [6.07, 6.45) is 1.57. The number of aromatic nitrogens is 1. The summed E-state index contributed by atoms with van der Waals surface area (Å²) in [7, 11) is 0. The van der Waals surface area contributed by atoms with Crippen molar-refractivity contribution in [2.24, 2.45) is 0 Å². The second-order valence-electron chi connectivity index (χ2n) is 4.41. The minimum Gasteiger partial charge on any atom is -0.399 e. The van der Waals surface area contributed by atoms with Gasteiger partial charge in [-0.2, -0.15) is 0 Å². The molecule has 0 aliphatic heterocycles. The van der Waals surface area contributed by atoms with Gasteiger partial charge in [0.25, 0.3) is 5.56 Å². The molecule has 0 saturated carbocycles. The molecule has 3 N–H and O–H groups in total. The molecule has 0 fully saturated rings. The van der Waals surface area contributed by atoms with Crippen molar-refractivity contribution in [3.05, 3.63) is 56.9 Å². The molecular weight excluding hydrogens is 322 g/mol. The van der Waals surface area contributed by atoms with Gasteiger partial charge in [-0.1, -0.05) is 0 Å². The van der Waals surface area contributed by atoms with Crippen LogP contribution in [0.2, 0.25) is 0 Å². The first-order valence-corrected chi connectivity index (χ1v) is 6.77. The lowest BCUT2D eigenvalue weighted by Gasteiger charge is -2.10. The number of halogens is 1. The second kappa shape index (κ2) is 5.92. The van der Waals surface area contributed by atoms with Crippen LogP contribution in [-0.4, -0.2) is 10.5 Å². The maximum absolute atomic E-state index is 12.0. The van der Waals surface area contributed by atoms with Crippen LogP contribution < -0.4 is 16.6 Å². The summed E-state index contributed by atoms with van der Waals surface area (Å²) in [5, 5.41) is 2.76. The lowest BCUT2D eigenvalue weighted by molar-refractivity contribution is -0.116. The molecule has 1 aromatic carbocycles. The molecule has 0 aliphatic rings. The third kappa shape index (κ3) is 3.27. The predicted octanol–water partition coefficient (Wildman–Crippen LogP) is 2.14. The first kappa shape index (κ1) is 14.3. The molecule has 0 radical (unpaired) electrons. The van der Waals surface area contributed by atoms with Gasteiger partial charge >= 0.3 is 0 Å². The number of rotatable bonds is 3. The van der Waals surface area contributed by atoms with E-state index in [1.807, 2.05) is 6.92 Å². The van der Waals surface area contributed by atoms with Gasteiger partial charge in [0.1, 0.15) is 6.54 Å². The van der Waals surface area contributed by atoms with Crippen LogP contribution in [-0.2, 0) is 11.3 Å². The summed E-state index contributed by atoms with van der Waals surface area (Å²) in [5.74, 6) is -0.266. The molecule has 2 aromatic rings. The molecule has 0 bridgehead atoms. The number of carbonyl (C=O) groups excluding carboxylic acids is 1. The number of amides is 1. The van der Waals surface area contributed by atoms with E-state index in [4.69, 9.17) is 5.73 Å². The Bertz CT molecular complexity index is 710. The third-order valence-corrected chi connectivity index (χ3v) is 3.42. The lowest BCUT2D eigenvalue weighted by atomic mass is 10.2. The molecule has 0 saturated heterocycles. The number of pyridine rings is 1. The van der Waals surface area contributed by atoms with Gasteiger partial charge in [0.05, 0.1) is 4.47 Å². The largest absolute Gasteiger partial charge is 0.399 e. The van der Waals surface area contributed by atoms with E-state index in [-0.39, 0.29) is 18.0 Å². The molecule has 6 heteroatoms. The number of hydrogen-bond acceptors (Lipinski definition) is 3. The number of benzene rings is 1. The van der Waals surface area contributed by atoms with Crippen LogP contribution in [0, 0.1) is 6.92 Å². The van der Waals surface area contributed by atoms with Gasteiger partial charge in [-0.15, -0.1) is 0 Å². The number of hydrogen-bond donors (Lipinski definition) is 2. The zero-order valence-electron chi connectivity index (χ0n) is 10.9. The van der Waals surface area contributed by atoms with Crippen LogP contribution in [0.1, 0.15) is 5.56 Å². The SMILES string of the molecule is Cc1cc(N)ccc1NC(=O)Cn1cccc(Br)c1=O. The highest BCUT2D eigenvalue weighted by Crippen LogP contribution is 2.17. The Morgan fingerprint density at radius 3 is 2.85 bits per heavy atom. The first-order chi connectivity index (χ1) is 9.47. The van der Waals surface area contributed by atoms with Gasteiger partial charge in [-0.05, 0) is 58.7 Å². The average molecular weight is 336 g/mol. The number of nitrogen functional groups attached to an aromatic ring is 1. The summed E-state index contributed by atoms with van der Waals surface area (Å²) in [6.45, 7) is 1.82. The van der Waals surface area contributed by atoms with E-state index in [9.17, 15) is 9.59 Å². The summed E-state index contributed by atoms with van der Waals surface area (Å²) >= 11 is 3.14. The Balaban J connectivity index is 2.13. The van der Waals surface area contributed by atoms with Gasteiger partial charge in [0.15, 0.2) is 0 Å². The standard InChI is InChI=1S/C14H14BrN3O2/c1-9-7-10(16)4-5-12(9)17-13(19)8-18-6-2-3-11(15)14(18)20/h2-7H,8,16H2,1H3,(H,17,19). The van der Waals surface area contributed by atoms with E-state index in [1.54, 1.807) is 36.5 Å². The topological polar surface area (TPSA) is 77.1 Å². The van der Waals surface area contributed by atoms with E-state index < -0.39 is 0 Å². The fourth-order valence-corrected chi connectivity index (χ4v) is 2.18. The Kier molecular flexibility index (Phi) is 4.24. The predicted molar refractivity (Wildman–Crippen MR) is 82.6 cm³/mol. The van der Waals surface area contributed by atoms with Gasteiger partial charge in [-0.25, -0.2) is 0 Å². The van der Waals surface area contributed by atoms with E-state index in [2.05, 4.69) is 21.2 Å². The Hall–Kier alpha value is -2.08. The van der Waals surface area contributed by atoms with E-state index in [0.29, 0.717) is 15.8 Å². The normalized spacial score (nSPS) is 10.3. The molecule has 1 amide bonds. The molecule has 104 valence electrons. The van der Waals surface area contributed by atoms with E-state index in [1.165, 1.54) is 4.57 Å². The summed E-state index contributed by atoms with van der Waals surface area (Å²) in [4.78, 5) is 23.8. The van der Waals surface area contributed by atoms with Gasteiger partial charge in [0, 0.05) is 17.6 Å². The Morgan fingerprint density at radius 2 is 2.15 bits per heavy atom. The van der Waals surface area contributed by atoms with Crippen molar-refractivity contribution < 1.29 is 4.79 Å². The molecule has 1 aromatic heterocycles. The van der Waals surface area contributed by atoms with Crippen LogP contribution in [0.25, 0.3) is 0 Å². The van der Waals surface area contributed by atoms with Crippen molar-refractivity contribution >= 4 is 33.2 Å². The molecule has 0 spiro atoms. The number of nitrogens with two attached hydrogens (primary N) is 1. The van der Waals surface area contributed by atoms with Crippen molar-refractivity contribution in [2.75, 3.05) is 11.1 Å². The van der Waals surface area contributed by atoms with Crippen LogP contribution in [0.4, 0.5) is 11.4 Å². The number of nitrogens with zero attached hydrogens (tertiary/aromatic N) is 1. The minimum absolute atomic E-state index is 0.0396. The Labute approximate surface area is 124 Å². The zero-order valence-corrected chi connectivity index (χ0v) is 12.5. The Morgan fingerprint density at radius 1 is 1.40 bits per heavy atom. The molecule has 2 rings (SSSR count). The lowest BCUT2D eigenvalue weighted by Crippen LogP contribution is -2.27. The third-order valence-electron chi connectivity index (χ3n) is 2.81. The smallest absolute Gasteiger partial charge is 0.265 e. The van der Waals surface area contributed by atoms with Crippen LogP contribution in [0.3, 0.4) is 0 Å². The number of anilines is 2. The molecule has 1 heterocycles. The highest BCUT2D eigenvalue weighted by molar-refractivity contribution is 9.10. The molecule has 20 heavy (non-hydrogen) atoms. The first-order valence-electron chi connectivity index (χ1n) is 5.98. The van der Waals surface area contributed by atoms with Crippen molar-refractivity contribution in [3.63, 3.8) is 0 Å². The molecular formula is C14H14BrN3O2. The fraction of sp³-hybridized carbons (Fsp3) is 0.143. The summed E-state index contributed by atoms with van der Waals surface area (Å²) in [5.41, 5.74) is 7.62. The van der Waals surface area contributed by atoms with Crippen molar-refractivity contribution in [1.82, 2.24) is 4.57 Å². The number of carbonyl (C=O) groups is 1. The highest BCUT2D eigenvalue weighted by atomic mass is 79.9. The minimum atomic E-state index is -0.266. The van der Waals surface area contributed by atoms with Crippen LogP contribution >= 0.6 is 15.9 Å². The number of aryl methyl sites for hydroxylation is 1. The average Bonchev–Trinajstić information content (AvgIpc) is 2.38. The van der Waals surface area contributed by atoms with Crippen molar-refractivity contribution in [3.8, 4) is 0 Å². The van der Waals surface area contributed by atoms with Crippen LogP contribution in [0.5, 0.6) is 0 Å². The maximum Gasteiger partial charge on any atom is 0.265 e. The second-order valence-corrected chi connectivity index (χ2v) is 5.27. The molecule has 0 aliphatic carbocycles. The molecule has 5 nitrogen and oxygen atoms in total. The highest BCUT2D eigenvalue weighted by Gasteiger charge is 2.08. The van der Waals surface area contributed by atoms with Crippen LogP contribution in [0.15, 0.2) is 45.8 Å². The van der Waals surface area contributed by atoms with Crippen molar-refractivity contribution in [1.29, 1.82) is 0 Å². The zero-order chi connectivity index (χ0) is 14.7. The molecule has 0 unspecified atom stereocenters. The van der Waals surface area contributed by atoms with Gasteiger partial charge in [-0.3, -0.25) is 9.59 Å². The fourth-order valence-electron chi connectivity index (χ4n) is 1.80. The summed E-state index contributed by atoms with van der Waals surface area (Å²) < 4.78 is 1.77. The van der Waals surface area contributed by atoms with E-state index in [0.717, 1.165) is 5.56 Å². The van der Waals surface area contributed by atoms with Gasteiger partial charge < -0.3 is 15.6 Å². The maximum atomic E-state index is 12.0. The monoisotopic (exact) mass is 335 g/mol. The number of nitrogens with one attached hydrogen (secondary N) is 1. The van der Waals surface area contributed by atoms with Crippen molar-refractivity contribution in [2.45, 2.75) is 13.5 Å².